The molecule has 0 bridgehead atoms. The van der Waals surface area contributed by atoms with Crippen molar-refractivity contribution in [2.45, 2.75) is 39.9 Å². The van der Waals surface area contributed by atoms with Crippen LogP contribution in [0.25, 0.3) is 0 Å². The first-order chi connectivity index (χ1) is 8.60. The van der Waals surface area contributed by atoms with Crippen molar-refractivity contribution < 1.29 is 4.42 Å². The van der Waals surface area contributed by atoms with Crippen molar-refractivity contribution in [2.24, 2.45) is 5.73 Å². The summed E-state index contributed by atoms with van der Waals surface area (Å²) in [5, 5.41) is 4.55. The van der Waals surface area contributed by atoms with Crippen LogP contribution in [-0.2, 0) is 13.1 Å². The van der Waals surface area contributed by atoms with Crippen molar-refractivity contribution in [1.82, 2.24) is 10.3 Å². The summed E-state index contributed by atoms with van der Waals surface area (Å²) in [4.78, 5) is 5.73. The molecule has 0 aliphatic heterocycles. The molecule has 0 aliphatic rings. The van der Waals surface area contributed by atoms with Crippen LogP contribution in [0.1, 0.15) is 40.1 Å². The molecule has 2 aromatic rings. The third-order valence-electron chi connectivity index (χ3n) is 2.83. The van der Waals surface area contributed by atoms with E-state index < -0.39 is 0 Å². The molecule has 0 aromatic carbocycles. The van der Waals surface area contributed by atoms with Gasteiger partial charge in [0, 0.05) is 10.9 Å². The Bertz CT molecular complexity index is 518. The van der Waals surface area contributed by atoms with E-state index >= 15 is 0 Å². The zero-order chi connectivity index (χ0) is 13.1. The van der Waals surface area contributed by atoms with Crippen LogP contribution in [0.4, 0.5) is 0 Å². The third kappa shape index (κ3) is 2.98. The van der Waals surface area contributed by atoms with E-state index in [2.05, 4.69) is 24.1 Å². The summed E-state index contributed by atoms with van der Waals surface area (Å²) in [5.74, 6) is 1.74. The second-order valence-electron chi connectivity index (χ2n) is 4.36. The lowest BCUT2D eigenvalue weighted by Gasteiger charge is -2.11. The Balaban J connectivity index is 1.95. The van der Waals surface area contributed by atoms with Gasteiger partial charge in [-0.05, 0) is 32.9 Å². The summed E-state index contributed by atoms with van der Waals surface area (Å²) in [5.41, 5.74) is 6.62. The standard InChI is InChI=1S/C13H19N3OS/c1-8(13-9(2)16-10(3)18-13)15-7-12-5-4-11(6-14)17-12/h4-5,8,15H,6-7,14H2,1-3H3. The van der Waals surface area contributed by atoms with Crippen molar-refractivity contribution in [3.05, 3.63) is 39.2 Å². The van der Waals surface area contributed by atoms with Gasteiger partial charge in [0.25, 0.3) is 0 Å². The Labute approximate surface area is 111 Å². The number of thiazole rings is 1. The molecule has 3 N–H and O–H groups in total. The predicted molar refractivity (Wildman–Crippen MR) is 73.4 cm³/mol. The van der Waals surface area contributed by atoms with E-state index in [1.165, 1.54) is 4.88 Å². The number of aromatic nitrogens is 1. The average molecular weight is 265 g/mol. The summed E-state index contributed by atoms with van der Waals surface area (Å²) in [6.45, 7) is 7.39. The second-order valence-corrected chi connectivity index (χ2v) is 5.59. The molecule has 0 radical (unpaired) electrons. The molecule has 0 spiro atoms. The van der Waals surface area contributed by atoms with Gasteiger partial charge in [-0.25, -0.2) is 4.98 Å². The Hall–Kier alpha value is -1.17. The minimum Gasteiger partial charge on any atom is -0.463 e. The lowest BCUT2D eigenvalue weighted by Crippen LogP contribution is -2.17. The maximum absolute atomic E-state index is 5.55. The van der Waals surface area contributed by atoms with Crippen molar-refractivity contribution in [2.75, 3.05) is 0 Å². The van der Waals surface area contributed by atoms with Crippen molar-refractivity contribution in [3.8, 4) is 0 Å². The largest absolute Gasteiger partial charge is 0.463 e. The molecule has 18 heavy (non-hydrogen) atoms. The first-order valence-electron chi connectivity index (χ1n) is 6.05. The fourth-order valence-electron chi connectivity index (χ4n) is 1.92. The van der Waals surface area contributed by atoms with E-state index in [-0.39, 0.29) is 6.04 Å². The number of nitrogens with zero attached hydrogens (tertiary/aromatic N) is 1. The molecule has 2 heterocycles. The van der Waals surface area contributed by atoms with Crippen LogP contribution in [0.5, 0.6) is 0 Å². The number of nitrogens with two attached hydrogens (primary N) is 1. The molecule has 1 unspecified atom stereocenters. The number of rotatable bonds is 5. The number of aryl methyl sites for hydroxylation is 2. The maximum atomic E-state index is 5.55. The van der Waals surface area contributed by atoms with Gasteiger partial charge in [0.2, 0.25) is 0 Å². The van der Waals surface area contributed by atoms with Gasteiger partial charge in [0.15, 0.2) is 0 Å². The zero-order valence-electron chi connectivity index (χ0n) is 11.0. The molecule has 0 saturated carbocycles. The van der Waals surface area contributed by atoms with E-state index in [1.807, 2.05) is 19.1 Å². The van der Waals surface area contributed by atoms with Crippen LogP contribution in [0.2, 0.25) is 0 Å². The first-order valence-corrected chi connectivity index (χ1v) is 6.86. The second kappa shape index (κ2) is 5.65. The monoisotopic (exact) mass is 265 g/mol. The molecule has 0 fully saturated rings. The molecule has 0 saturated heterocycles. The summed E-state index contributed by atoms with van der Waals surface area (Å²) in [7, 11) is 0. The summed E-state index contributed by atoms with van der Waals surface area (Å²) in [6, 6.07) is 4.17. The minimum atomic E-state index is 0.280. The quantitative estimate of drug-likeness (QED) is 0.872. The minimum absolute atomic E-state index is 0.280. The van der Waals surface area contributed by atoms with Crippen LogP contribution in [0.15, 0.2) is 16.5 Å². The van der Waals surface area contributed by atoms with Gasteiger partial charge in [-0.15, -0.1) is 11.3 Å². The van der Waals surface area contributed by atoms with Crippen LogP contribution in [0.3, 0.4) is 0 Å². The Morgan fingerprint density at radius 2 is 2.11 bits per heavy atom. The summed E-state index contributed by atoms with van der Waals surface area (Å²) < 4.78 is 5.55. The van der Waals surface area contributed by atoms with Gasteiger partial charge < -0.3 is 15.5 Å². The normalized spacial score (nSPS) is 12.9. The smallest absolute Gasteiger partial charge is 0.118 e. The van der Waals surface area contributed by atoms with Crippen LogP contribution < -0.4 is 11.1 Å². The van der Waals surface area contributed by atoms with Gasteiger partial charge in [-0.3, -0.25) is 0 Å². The topological polar surface area (TPSA) is 64.1 Å². The molecule has 5 heteroatoms. The van der Waals surface area contributed by atoms with Crippen molar-refractivity contribution >= 4 is 11.3 Å². The van der Waals surface area contributed by atoms with Crippen LogP contribution >= 0.6 is 11.3 Å². The number of hydrogen-bond donors (Lipinski definition) is 2. The lowest BCUT2D eigenvalue weighted by atomic mass is 10.2. The van der Waals surface area contributed by atoms with E-state index in [4.69, 9.17) is 10.2 Å². The first kappa shape index (κ1) is 13.3. The van der Waals surface area contributed by atoms with E-state index in [0.29, 0.717) is 13.1 Å². The van der Waals surface area contributed by atoms with Gasteiger partial charge in [0.05, 0.1) is 23.8 Å². The summed E-state index contributed by atoms with van der Waals surface area (Å²) in [6.07, 6.45) is 0. The van der Waals surface area contributed by atoms with E-state index in [9.17, 15) is 0 Å². The fourth-order valence-corrected chi connectivity index (χ4v) is 2.88. The lowest BCUT2D eigenvalue weighted by molar-refractivity contribution is 0.434. The highest BCUT2D eigenvalue weighted by molar-refractivity contribution is 7.11. The van der Waals surface area contributed by atoms with E-state index in [1.54, 1.807) is 11.3 Å². The molecule has 2 rings (SSSR count). The number of furan rings is 1. The highest BCUT2D eigenvalue weighted by Gasteiger charge is 2.13. The average Bonchev–Trinajstić information content (AvgIpc) is 2.92. The molecule has 0 aliphatic carbocycles. The molecular formula is C13H19N3OS. The molecule has 98 valence electrons. The Morgan fingerprint density at radius 1 is 1.39 bits per heavy atom. The zero-order valence-corrected chi connectivity index (χ0v) is 11.8. The summed E-state index contributed by atoms with van der Waals surface area (Å²) >= 11 is 1.74. The van der Waals surface area contributed by atoms with Crippen molar-refractivity contribution in [1.29, 1.82) is 0 Å². The Morgan fingerprint density at radius 3 is 2.67 bits per heavy atom. The van der Waals surface area contributed by atoms with Crippen LogP contribution in [0, 0.1) is 13.8 Å². The number of hydrogen-bond acceptors (Lipinski definition) is 5. The highest BCUT2D eigenvalue weighted by atomic mass is 32.1. The van der Waals surface area contributed by atoms with Gasteiger partial charge in [0.1, 0.15) is 11.5 Å². The molecular weight excluding hydrogens is 246 g/mol. The SMILES string of the molecule is Cc1nc(C)c(C(C)NCc2ccc(CN)o2)s1. The Kier molecular flexibility index (Phi) is 4.16. The molecule has 1 atom stereocenters. The molecule has 2 aromatic heterocycles. The van der Waals surface area contributed by atoms with Crippen LogP contribution in [-0.4, -0.2) is 4.98 Å². The predicted octanol–water partition coefficient (Wildman–Crippen LogP) is 2.66. The number of nitrogens with one attached hydrogen (secondary N) is 1. The van der Waals surface area contributed by atoms with Gasteiger partial charge in [-0.2, -0.15) is 0 Å². The maximum Gasteiger partial charge on any atom is 0.118 e. The highest BCUT2D eigenvalue weighted by Crippen LogP contribution is 2.24. The molecule has 4 nitrogen and oxygen atoms in total. The van der Waals surface area contributed by atoms with Gasteiger partial charge in [-0.1, -0.05) is 0 Å². The fraction of sp³-hybridized carbons (Fsp3) is 0.462. The van der Waals surface area contributed by atoms with Crippen molar-refractivity contribution in [3.63, 3.8) is 0 Å². The van der Waals surface area contributed by atoms with E-state index in [0.717, 1.165) is 22.2 Å². The third-order valence-corrected chi connectivity index (χ3v) is 4.09. The molecule has 0 amide bonds. The van der Waals surface area contributed by atoms with Gasteiger partial charge >= 0.3 is 0 Å².